The molecule has 0 unspecified atom stereocenters. The first-order chi connectivity index (χ1) is 9.60. The Balaban J connectivity index is 2.04. The van der Waals surface area contributed by atoms with E-state index in [-0.39, 0.29) is 0 Å². The van der Waals surface area contributed by atoms with Crippen LogP contribution in [-0.4, -0.2) is 0 Å². The fourth-order valence-electron chi connectivity index (χ4n) is 2.58. The predicted molar refractivity (Wildman–Crippen MR) is 83.8 cm³/mol. The molecule has 0 heterocycles. The number of rotatable bonds is 4. The molecule has 0 bridgehead atoms. The number of benzene rings is 2. The summed E-state index contributed by atoms with van der Waals surface area (Å²) in [4.78, 5) is 0. The molecule has 0 aromatic heterocycles. The van der Waals surface area contributed by atoms with E-state index in [1.807, 2.05) is 12.1 Å². The highest BCUT2D eigenvalue weighted by atomic mass is 14.2. The summed E-state index contributed by atoms with van der Waals surface area (Å²) in [5.74, 6) is 1.04. The molecule has 102 valence electrons. The maximum atomic E-state index is 8.83. The third kappa shape index (κ3) is 3.48. The van der Waals surface area contributed by atoms with E-state index in [1.54, 1.807) is 0 Å². The van der Waals surface area contributed by atoms with Crippen LogP contribution in [0.25, 0.3) is 0 Å². The first-order valence-electron chi connectivity index (χ1n) is 7.16. The smallest absolute Gasteiger partial charge is 0.0991 e. The minimum atomic E-state index is 0.499. The molecule has 0 radical (unpaired) electrons. The summed E-state index contributed by atoms with van der Waals surface area (Å²) >= 11 is 0. The van der Waals surface area contributed by atoms with Crippen LogP contribution in [0.5, 0.6) is 0 Å². The van der Waals surface area contributed by atoms with Crippen molar-refractivity contribution < 1.29 is 0 Å². The molecule has 1 nitrogen and oxygen atoms in total. The Morgan fingerprint density at radius 2 is 1.30 bits per heavy atom. The van der Waals surface area contributed by atoms with E-state index in [1.165, 1.54) is 16.7 Å². The van der Waals surface area contributed by atoms with Gasteiger partial charge < -0.3 is 0 Å². The normalized spacial score (nSPS) is 13.5. The average molecular weight is 263 g/mol. The summed E-state index contributed by atoms with van der Waals surface area (Å²) in [7, 11) is 0. The van der Waals surface area contributed by atoms with Gasteiger partial charge in [-0.25, -0.2) is 0 Å². The van der Waals surface area contributed by atoms with Gasteiger partial charge in [0, 0.05) is 0 Å². The molecule has 0 N–H and O–H groups in total. The van der Waals surface area contributed by atoms with E-state index in [4.69, 9.17) is 5.26 Å². The number of nitriles is 1. The molecule has 20 heavy (non-hydrogen) atoms. The van der Waals surface area contributed by atoms with Gasteiger partial charge in [0.1, 0.15) is 0 Å². The number of aryl methyl sites for hydroxylation is 1. The van der Waals surface area contributed by atoms with Crippen LogP contribution in [0, 0.1) is 18.3 Å². The summed E-state index contributed by atoms with van der Waals surface area (Å²) < 4.78 is 0. The zero-order valence-electron chi connectivity index (χ0n) is 12.4. The Morgan fingerprint density at radius 3 is 1.75 bits per heavy atom. The Kier molecular flexibility index (Phi) is 4.58. The van der Waals surface area contributed by atoms with Crippen LogP contribution in [-0.2, 0) is 0 Å². The molecule has 2 aromatic rings. The molecule has 0 aliphatic rings. The SMILES string of the molecule is Cc1ccc([C@H](C)C[C@H](C)c2ccc(C#N)cc2)cc1. The second-order valence-corrected chi connectivity index (χ2v) is 5.68. The van der Waals surface area contributed by atoms with Crippen molar-refractivity contribution in [3.05, 3.63) is 70.8 Å². The van der Waals surface area contributed by atoms with E-state index < -0.39 is 0 Å². The van der Waals surface area contributed by atoms with E-state index in [0.29, 0.717) is 11.8 Å². The largest absolute Gasteiger partial charge is 0.192 e. The van der Waals surface area contributed by atoms with E-state index in [0.717, 1.165) is 12.0 Å². The van der Waals surface area contributed by atoms with Gasteiger partial charge in [-0.15, -0.1) is 0 Å². The molecule has 0 spiro atoms. The van der Waals surface area contributed by atoms with Gasteiger partial charge in [0.05, 0.1) is 11.6 Å². The van der Waals surface area contributed by atoms with Crippen LogP contribution in [0.4, 0.5) is 0 Å². The fraction of sp³-hybridized carbons (Fsp3) is 0.316. The van der Waals surface area contributed by atoms with Gasteiger partial charge in [-0.05, 0) is 48.4 Å². The maximum Gasteiger partial charge on any atom is 0.0991 e. The molecule has 2 rings (SSSR count). The zero-order chi connectivity index (χ0) is 14.5. The molecule has 0 saturated carbocycles. The number of hydrogen-bond donors (Lipinski definition) is 0. The third-order valence-corrected chi connectivity index (χ3v) is 3.96. The zero-order valence-corrected chi connectivity index (χ0v) is 12.4. The Labute approximate surface area is 121 Å². The highest BCUT2D eigenvalue weighted by Crippen LogP contribution is 2.29. The lowest BCUT2D eigenvalue weighted by Crippen LogP contribution is -2.01. The first kappa shape index (κ1) is 14.3. The van der Waals surface area contributed by atoms with Crippen LogP contribution in [0.1, 0.15) is 54.4 Å². The summed E-state index contributed by atoms with van der Waals surface area (Å²) in [5, 5.41) is 8.83. The van der Waals surface area contributed by atoms with Gasteiger partial charge >= 0.3 is 0 Å². The minimum Gasteiger partial charge on any atom is -0.192 e. The van der Waals surface area contributed by atoms with Gasteiger partial charge in [0.2, 0.25) is 0 Å². The quantitative estimate of drug-likeness (QED) is 0.747. The van der Waals surface area contributed by atoms with Crippen LogP contribution in [0.3, 0.4) is 0 Å². The van der Waals surface area contributed by atoms with Crippen molar-refractivity contribution in [2.45, 2.75) is 39.0 Å². The van der Waals surface area contributed by atoms with Crippen molar-refractivity contribution in [1.29, 1.82) is 5.26 Å². The molecular formula is C19H21N. The summed E-state index contributed by atoms with van der Waals surface area (Å²) in [5.41, 5.74) is 4.74. The van der Waals surface area contributed by atoms with Crippen molar-refractivity contribution in [3.8, 4) is 6.07 Å². The van der Waals surface area contributed by atoms with Gasteiger partial charge in [0.15, 0.2) is 0 Å². The Bertz CT molecular complexity index is 587. The molecule has 2 aromatic carbocycles. The fourth-order valence-corrected chi connectivity index (χ4v) is 2.58. The summed E-state index contributed by atoms with van der Waals surface area (Å²) in [6.07, 6.45) is 1.12. The van der Waals surface area contributed by atoms with Crippen LogP contribution in [0.15, 0.2) is 48.5 Å². The van der Waals surface area contributed by atoms with Crippen LogP contribution >= 0.6 is 0 Å². The van der Waals surface area contributed by atoms with Gasteiger partial charge in [0.25, 0.3) is 0 Å². The molecule has 0 amide bonds. The number of nitrogens with zero attached hydrogens (tertiary/aromatic N) is 1. The first-order valence-corrected chi connectivity index (χ1v) is 7.16. The van der Waals surface area contributed by atoms with E-state index >= 15 is 0 Å². The lowest BCUT2D eigenvalue weighted by atomic mass is 9.87. The lowest BCUT2D eigenvalue weighted by molar-refractivity contribution is 0.593. The molecule has 2 atom stereocenters. The number of hydrogen-bond acceptors (Lipinski definition) is 1. The van der Waals surface area contributed by atoms with E-state index in [9.17, 15) is 0 Å². The average Bonchev–Trinajstić information content (AvgIpc) is 2.48. The lowest BCUT2D eigenvalue weighted by Gasteiger charge is -2.18. The van der Waals surface area contributed by atoms with Gasteiger partial charge in [-0.2, -0.15) is 5.26 Å². The minimum absolute atomic E-state index is 0.499. The predicted octanol–water partition coefficient (Wildman–Crippen LogP) is 5.16. The van der Waals surface area contributed by atoms with Gasteiger partial charge in [-0.1, -0.05) is 55.8 Å². The Morgan fingerprint density at radius 1 is 0.850 bits per heavy atom. The van der Waals surface area contributed by atoms with Crippen molar-refractivity contribution in [2.24, 2.45) is 0 Å². The molecule has 1 heteroatoms. The van der Waals surface area contributed by atoms with E-state index in [2.05, 4.69) is 63.2 Å². The summed E-state index contributed by atoms with van der Waals surface area (Å²) in [6, 6.07) is 18.9. The van der Waals surface area contributed by atoms with Crippen molar-refractivity contribution in [1.82, 2.24) is 0 Å². The van der Waals surface area contributed by atoms with Crippen molar-refractivity contribution in [3.63, 3.8) is 0 Å². The van der Waals surface area contributed by atoms with Crippen LogP contribution < -0.4 is 0 Å². The molecule has 0 aliphatic carbocycles. The molecule has 0 saturated heterocycles. The highest BCUT2D eigenvalue weighted by molar-refractivity contribution is 5.33. The van der Waals surface area contributed by atoms with Crippen molar-refractivity contribution in [2.75, 3.05) is 0 Å². The van der Waals surface area contributed by atoms with Crippen molar-refractivity contribution >= 4 is 0 Å². The topological polar surface area (TPSA) is 23.8 Å². The second kappa shape index (κ2) is 6.39. The third-order valence-electron chi connectivity index (χ3n) is 3.96. The summed E-state index contributed by atoms with van der Waals surface area (Å²) in [6.45, 7) is 6.66. The molecular weight excluding hydrogens is 242 g/mol. The Hall–Kier alpha value is -2.07. The van der Waals surface area contributed by atoms with Crippen LogP contribution in [0.2, 0.25) is 0 Å². The highest BCUT2D eigenvalue weighted by Gasteiger charge is 2.12. The second-order valence-electron chi connectivity index (χ2n) is 5.68. The maximum absolute atomic E-state index is 8.83. The monoisotopic (exact) mass is 263 g/mol. The molecule has 0 fully saturated rings. The van der Waals surface area contributed by atoms with Gasteiger partial charge in [-0.3, -0.25) is 0 Å². The standard InChI is InChI=1S/C19H21N/c1-14-4-8-18(9-5-14)15(2)12-16(3)19-10-6-17(13-20)7-11-19/h4-11,15-16H,12H2,1-3H3/t15-,16+/m1/s1. The molecule has 0 aliphatic heterocycles.